The molecule has 1 atom stereocenters. The second-order valence-corrected chi connectivity index (χ2v) is 4.06. The minimum Gasteiger partial charge on any atom is -0.395 e. The van der Waals surface area contributed by atoms with Crippen molar-refractivity contribution in [2.75, 3.05) is 20.2 Å². The summed E-state index contributed by atoms with van der Waals surface area (Å²) in [6.07, 6.45) is 0. The molecule has 0 heterocycles. The van der Waals surface area contributed by atoms with Crippen LogP contribution < -0.4 is 5.32 Å². The highest BCUT2D eigenvalue weighted by Gasteiger charge is 2.20. The van der Waals surface area contributed by atoms with Gasteiger partial charge in [0, 0.05) is 13.6 Å². The quantitative estimate of drug-likeness (QED) is 0.756. The zero-order chi connectivity index (χ0) is 13.5. The van der Waals surface area contributed by atoms with E-state index >= 15 is 0 Å². The summed E-state index contributed by atoms with van der Waals surface area (Å²) in [7, 11) is 1.48. The van der Waals surface area contributed by atoms with Crippen molar-refractivity contribution < 1.29 is 14.7 Å². The summed E-state index contributed by atoms with van der Waals surface area (Å²) in [5.41, 5.74) is 0.934. The molecule has 1 rings (SSSR count). The molecule has 0 aliphatic carbocycles. The number of nitrogens with zero attached hydrogens (tertiary/aromatic N) is 1. The van der Waals surface area contributed by atoms with Crippen molar-refractivity contribution in [1.29, 1.82) is 0 Å². The van der Waals surface area contributed by atoms with Crippen LogP contribution >= 0.6 is 0 Å². The van der Waals surface area contributed by atoms with E-state index in [0.717, 1.165) is 5.56 Å². The van der Waals surface area contributed by atoms with Gasteiger partial charge in [0.25, 0.3) is 0 Å². The molecule has 1 aromatic rings. The van der Waals surface area contributed by atoms with Gasteiger partial charge in [-0.2, -0.15) is 0 Å². The van der Waals surface area contributed by atoms with Gasteiger partial charge in [0.2, 0.25) is 0 Å². The van der Waals surface area contributed by atoms with Crippen LogP contribution in [0.1, 0.15) is 18.5 Å². The highest BCUT2D eigenvalue weighted by Crippen LogP contribution is 2.10. The standard InChI is InChI=1S/C13H18N2O3/c1-10(11-6-4-3-5-7-11)14-12(17)13(18)15(2)8-9-16/h3-7,10,16H,8-9H2,1-2H3,(H,14,17). The highest BCUT2D eigenvalue weighted by atomic mass is 16.3. The molecule has 2 amide bonds. The number of carbonyl (C=O) groups is 2. The van der Waals surface area contributed by atoms with E-state index in [-0.39, 0.29) is 19.2 Å². The van der Waals surface area contributed by atoms with Gasteiger partial charge in [0.05, 0.1) is 12.6 Å². The Labute approximate surface area is 106 Å². The number of benzene rings is 1. The molecule has 0 aromatic heterocycles. The van der Waals surface area contributed by atoms with Crippen LogP contribution in [-0.2, 0) is 9.59 Å². The summed E-state index contributed by atoms with van der Waals surface area (Å²) < 4.78 is 0. The fourth-order valence-corrected chi connectivity index (χ4v) is 1.51. The van der Waals surface area contributed by atoms with Gasteiger partial charge in [-0.05, 0) is 12.5 Å². The summed E-state index contributed by atoms with van der Waals surface area (Å²) in [5, 5.41) is 11.3. The van der Waals surface area contributed by atoms with E-state index in [1.165, 1.54) is 11.9 Å². The lowest BCUT2D eigenvalue weighted by Gasteiger charge is -2.18. The van der Waals surface area contributed by atoms with Crippen molar-refractivity contribution in [3.05, 3.63) is 35.9 Å². The Kier molecular flexibility index (Phi) is 5.32. The fraction of sp³-hybridized carbons (Fsp3) is 0.385. The summed E-state index contributed by atoms with van der Waals surface area (Å²) in [5.74, 6) is -1.31. The third kappa shape index (κ3) is 3.85. The number of aliphatic hydroxyl groups excluding tert-OH is 1. The normalized spacial score (nSPS) is 11.7. The molecule has 0 fully saturated rings. The molecule has 2 N–H and O–H groups in total. The maximum Gasteiger partial charge on any atom is 0.311 e. The van der Waals surface area contributed by atoms with Crippen molar-refractivity contribution in [3.63, 3.8) is 0 Å². The first kappa shape index (κ1) is 14.2. The Hall–Kier alpha value is -1.88. The summed E-state index contributed by atoms with van der Waals surface area (Å²) >= 11 is 0. The van der Waals surface area contributed by atoms with Crippen LogP contribution in [0.15, 0.2) is 30.3 Å². The number of hydrogen-bond donors (Lipinski definition) is 2. The molecule has 0 spiro atoms. The molecule has 0 aliphatic rings. The van der Waals surface area contributed by atoms with Gasteiger partial charge in [0.15, 0.2) is 0 Å². The van der Waals surface area contributed by atoms with Crippen LogP contribution in [-0.4, -0.2) is 42.0 Å². The maximum absolute atomic E-state index is 11.7. The summed E-state index contributed by atoms with van der Waals surface area (Å²) in [6, 6.07) is 9.16. The second kappa shape index (κ2) is 6.76. The van der Waals surface area contributed by atoms with Crippen LogP contribution in [0, 0.1) is 0 Å². The SMILES string of the molecule is CC(NC(=O)C(=O)N(C)CCO)c1ccccc1. The molecule has 98 valence electrons. The Bertz CT molecular complexity index is 406. The lowest BCUT2D eigenvalue weighted by Crippen LogP contribution is -2.42. The highest BCUT2D eigenvalue weighted by molar-refractivity contribution is 6.35. The van der Waals surface area contributed by atoms with Crippen molar-refractivity contribution in [2.45, 2.75) is 13.0 Å². The summed E-state index contributed by atoms with van der Waals surface area (Å²) in [6.45, 7) is 1.79. The predicted molar refractivity (Wildman–Crippen MR) is 67.7 cm³/mol. The van der Waals surface area contributed by atoms with Crippen LogP contribution in [0.3, 0.4) is 0 Å². The first-order valence-electron chi connectivity index (χ1n) is 5.78. The van der Waals surface area contributed by atoms with E-state index in [2.05, 4.69) is 5.32 Å². The minimum absolute atomic E-state index is 0.145. The van der Waals surface area contributed by atoms with Crippen molar-refractivity contribution >= 4 is 11.8 Å². The molecule has 5 heteroatoms. The van der Waals surface area contributed by atoms with Crippen LogP contribution in [0.25, 0.3) is 0 Å². The third-order valence-electron chi connectivity index (χ3n) is 2.62. The average Bonchev–Trinajstić information content (AvgIpc) is 2.39. The van der Waals surface area contributed by atoms with Gasteiger partial charge in [-0.3, -0.25) is 9.59 Å². The van der Waals surface area contributed by atoms with E-state index in [1.807, 2.05) is 37.3 Å². The van der Waals surface area contributed by atoms with E-state index in [0.29, 0.717) is 0 Å². The topological polar surface area (TPSA) is 69.6 Å². The lowest BCUT2D eigenvalue weighted by atomic mass is 10.1. The molecule has 0 bridgehead atoms. The number of carbonyl (C=O) groups excluding carboxylic acids is 2. The van der Waals surface area contributed by atoms with E-state index in [1.54, 1.807) is 0 Å². The number of aliphatic hydroxyl groups is 1. The van der Waals surface area contributed by atoms with Gasteiger partial charge in [-0.15, -0.1) is 0 Å². The number of nitrogens with one attached hydrogen (secondary N) is 1. The van der Waals surface area contributed by atoms with E-state index < -0.39 is 11.8 Å². The first-order chi connectivity index (χ1) is 8.56. The van der Waals surface area contributed by atoms with Gasteiger partial charge in [-0.25, -0.2) is 0 Å². The van der Waals surface area contributed by atoms with Crippen LogP contribution in [0.5, 0.6) is 0 Å². The van der Waals surface area contributed by atoms with Gasteiger partial charge < -0.3 is 15.3 Å². The molecule has 5 nitrogen and oxygen atoms in total. The van der Waals surface area contributed by atoms with Crippen LogP contribution in [0.4, 0.5) is 0 Å². The summed E-state index contributed by atoms with van der Waals surface area (Å²) in [4.78, 5) is 24.4. The number of rotatable bonds is 4. The van der Waals surface area contributed by atoms with Gasteiger partial charge >= 0.3 is 11.8 Å². The average molecular weight is 250 g/mol. The third-order valence-corrected chi connectivity index (χ3v) is 2.62. The first-order valence-corrected chi connectivity index (χ1v) is 5.78. The molecule has 18 heavy (non-hydrogen) atoms. The fourth-order valence-electron chi connectivity index (χ4n) is 1.51. The van der Waals surface area contributed by atoms with Gasteiger partial charge in [0.1, 0.15) is 0 Å². The molecule has 1 aromatic carbocycles. The molecular formula is C13H18N2O3. The molecule has 0 aliphatic heterocycles. The maximum atomic E-state index is 11.7. The molecule has 0 radical (unpaired) electrons. The molecule has 1 unspecified atom stereocenters. The van der Waals surface area contributed by atoms with E-state index in [9.17, 15) is 9.59 Å². The Balaban J connectivity index is 2.57. The van der Waals surface area contributed by atoms with Gasteiger partial charge in [-0.1, -0.05) is 30.3 Å². The molecular weight excluding hydrogens is 232 g/mol. The Morgan fingerprint density at radius 2 is 1.94 bits per heavy atom. The largest absolute Gasteiger partial charge is 0.395 e. The molecule has 0 saturated heterocycles. The number of amides is 2. The second-order valence-electron chi connectivity index (χ2n) is 4.06. The minimum atomic E-state index is -0.665. The monoisotopic (exact) mass is 250 g/mol. The number of likely N-dealkylation sites (N-methyl/N-ethyl adjacent to an activating group) is 1. The Morgan fingerprint density at radius 3 is 2.50 bits per heavy atom. The molecule has 0 saturated carbocycles. The lowest BCUT2D eigenvalue weighted by molar-refractivity contribution is -0.145. The Morgan fingerprint density at radius 1 is 1.33 bits per heavy atom. The number of hydrogen-bond acceptors (Lipinski definition) is 3. The van der Waals surface area contributed by atoms with Crippen molar-refractivity contribution in [2.24, 2.45) is 0 Å². The zero-order valence-corrected chi connectivity index (χ0v) is 10.6. The van der Waals surface area contributed by atoms with Crippen molar-refractivity contribution in [3.8, 4) is 0 Å². The smallest absolute Gasteiger partial charge is 0.311 e. The van der Waals surface area contributed by atoms with Crippen molar-refractivity contribution in [1.82, 2.24) is 10.2 Å². The zero-order valence-electron chi connectivity index (χ0n) is 10.6. The predicted octanol–water partition coefficient (Wildman–Crippen LogP) is 0.315. The van der Waals surface area contributed by atoms with Crippen LogP contribution in [0.2, 0.25) is 0 Å². The van der Waals surface area contributed by atoms with E-state index in [4.69, 9.17) is 5.11 Å².